The van der Waals surface area contributed by atoms with Crippen LogP contribution in [0.5, 0.6) is 0 Å². The maximum atomic E-state index is 13.1. The number of para-hydroxylation sites is 1. The van der Waals surface area contributed by atoms with Crippen molar-refractivity contribution in [3.05, 3.63) is 95.4 Å². The third-order valence-electron chi connectivity index (χ3n) is 4.78. The SMILES string of the molecule is CN(CC(=O)Nc1ccccc1Cl)C(=O)c1ccccc1SCc1cn2ccccc2n1. The van der Waals surface area contributed by atoms with E-state index in [2.05, 4.69) is 10.3 Å². The molecule has 8 heteroatoms. The molecule has 32 heavy (non-hydrogen) atoms. The number of benzene rings is 2. The van der Waals surface area contributed by atoms with E-state index in [-0.39, 0.29) is 18.4 Å². The number of nitrogens with zero attached hydrogens (tertiary/aromatic N) is 3. The van der Waals surface area contributed by atoms with Gasteiger partial charge in [0, 0.05) is 30.1 Å². The van der Waals surface area contributed by atoms with Crippen molar-refractivity contribution < 1.29 is 9.59 Å². The monoisotopic (exact) mass is 464 g/mol. The number of pyridine rings is 1. The second-order valence-corrected chi connectivity index (χ2v) is 8.60. The number of anilines is 1. The van der Waals surface area contributed by atoms with Gasteiger partial charge in [-0.25, -0.2) is 4.98 Å². The minimum Gasteiger partial charge on any atom is -0.332 e. The van der Waals surface area contributed by atoms with E-state index in [4.69, 9.17) is 11.6 Å². The van der Waals surface area contributed by atoms with Crippen molar-refractivity contribution in [3.63, 3.8) is 0 Å². The van der Waals surface area contributed by atoms with E-state index < -0.39 is 0 Å². The van der Waals surface area contributed by atoms with Crippen LogP contribution in [0.1, 0.15) is 16.1 Å². The Hall–Kier alpha value is -3.29. The Morgan fingerprint density at radius 2 is 1.81 bits per heavy atom. The smallest absolute Gasteiger partial charge is 0.255 e. The molecule has 0 radical (unpaired) electrons. The van der Waals surface area contributed by atoms with E-state index in [9.17, 15) is 9.59 Å². The highest BCUT2D eigenvalue weighted by Crippen LogP contribution is 2.27. The van der Waals surface area contributed by atoms with E-state index in [0.29, 0.717) is 22.0 Å². The zero-order chi connectivity index (χ0) is 22.5. The van der Waals surface area contributed by atoms with Crippen molar-refractivity contribution in [2.45, 2.75) is 10.6 Å². The van der Waals surface area contributed by atoms with Crippen LogP contribution < -0.4 is 5.32 Å². The molecule has 162 valence electrons. The van der Waals surface area contributed by atoms with Gasteiger partial charge in [0.15, 0.2) is 0 Å². The second-order valence-electron chi connectivity index (χ2n) is 7.17. The zero-order valence-electron chi connectivity index (χ0n) is 17.4. The van der Waals surface area contributed by atoms with Gasteiger partial charge < -0.3 is 14.6 Å². The fourth-order valence-corrected chi connectivity index (χ4v) is 4.33. The summed E-state index contributed by atoms with van der Waals surface area (Å²) in [6.45, 7) is -0.0878. The Kier molecular flexibility index (Phi) is 6.78. The Balaban J connectivity index is 1.42. The summed E-state index contributed by atoms with van der Waals surface area (Å²) in [5, 5.41) is 3.19. The van der Waals surface area contributed by atoms with Crippen molar-refractivity contribution in [1.82, 2.24) is 14.3 Å². The van der Waals surface area contributed by atoms with Gasteiger partial charge in [0.2, 0.25) is 5.91 Å². The van der Waals surface area contributed by atoms with Gasteiger partial charge in [0.05, 0.1) is 28.5 Å². The highest BCUT2D eigenvalue weighted by atomic mass is 35.5. The number of aromatic nitrogens is 2. The van der Waals surface area contributed by atoms with E-state index in [1.165, 1.54) is 4.90 Å². The van der Waals surface area contributed by atoms with Crippen LogP contribution in [0.15, 0.2) is 84.0 Å². The van der Waals surface area contributed by atoms with Crippen LogP contribution in [0.3, 0.4) is 0 Å². The molecule has 1 N–H and O–H groups in total. The van der Waals surface area contributed by atoms with Crippen LogP contribution in [-0.2, 0) is 10.5 Å². The predicted molar refractivity (Wildman–Crippen MR) is 128 cm³/mol. The average molecular weight is 465 g/mol. The highest BCUT2D eigenvalue weighted by molar-refractivity contribution is 7.98. The number of hydrogen-bond acceptors (Lipinski definition) is 4. The van der Waals surface area contributed by atoms with E-state index in [1.807, 2.05) is 53.2 Å². The van der Waals surface area contributed by atoms with Crippen LogP contribution in [-0.4, -0.2) is 39.7 Å². The van der Waals surface area contributed by atoms with Crippen LogP contribution in [0.4, 0.5) is 5.69 Å². The Morgan fingerprint density at radius 1 is 1.06 bits per heavy atom. The molecule has 4 rings (SSSR count). The van der Waals surface area contributed by atoms with Crippen molar-refractivity contribution in [2.75, 3.05) is 18.9 Å². The molecule has 6 nitrogen and oxygen atoms in total. The molecule has 0 saturated heterocycles. The summed E-state index contributed by atoms with van der Waals surface area (Å²) in [4.78, 5) is 32.3. The molecule has 2 heterocycles. The van der Waals surface area contributed by atoms with Gasteiger partial charge in [-0.2, -0.15) is 0 Å². The van der Waals surface area contributed by atoms with Crippen LogP contribution in [0, 0.1) is 0 Å². The summed E-state index contributed by atoms with van der Waals surface area (Å²) in [6, 6.07) is 20.2. The maximum absolute atomic E-state index is 13.1. The molecule has 0 fully saturated rings. The Morgan fingerprint density at radius 3 is 2.62 bits per heavy atom. The molecule has 0 aliphatic heterocycles. The van der Waals surface area contributed by atoms with Gasteiger partial charge in [-0.05, 0) is 36.4 Å². The number of halogens is 1. The molecule has 0 aliphatic carbocycles. The lowest BCUT2D eigenvalue weighted by Gasteiger charge is -2.18. The lowest BCUT2D eigenvalue weighted by atomic mass is 10.2. The van der Waals surface area contributed by atoms with Crippen molar-refractivity contribution in [2.24, 2.45) is 0 Å². The number of hydrogen-bond donors (Lipinski definition) is 1. The lowest BCUT2D eigenvalue weighted by molar-refractivity contribution is -0.116. The van der Waals surface area contributed by atoms with Gasteiger partial charge in [0.1, 0.15) is 5.65 Å². The minimum absolute atomic E-state index is 0.0878. The number of likely N-dealkylation sites (N-methyl/N-ethyl adjacent to an activating group) is 1. The molecule has 2 aromatic carbocycles. The normalized spacial score (nSPS) is 10.8. The largest absolute Gasteiger partial charge is 0.332 e. The molecule has 0 saturated carbocycles. The highest BCUT2D eigenvalue weighted by Gasteiger charge is 2.19. The van der Waals surface area contributed by atoms with Crippen LogP contribution in [0.25, 0.3) is 5.65 Å². The fourth-order valence-electron chi connectivity index (χ4n) is 3.22. The standard InChI is InChI=1S/C24H21ClN4O2S/c1-28(15-23(30)27-20-10-4-3-9-19(20)25)24(31)18-8-2-5-11-21(18)32-16-17-14-29-13-7-6-12-22(29)26-17/h2-14H,15-16H2,1H3,(H,27,30). The van der Waals surface area contributed by atoms with Gasteiger partial charge in [-0.1, -0.05) is 41.9 Å². The number of fused-ring (bicyclic) bond motifs is 1. The molecule has 2 amide bonds. The minimum atomic E-state index is -0.316. The lowest BCUT2D eigenvalue weighted by Crippen LogP contribution is -2.35. The van der Waals surface area contributed by atoms with Crippen molar-refractivity contribution in [1.29, 1.82) is 0 Å². The first kappa shape index (κ1) is 21.9. The first-order chi connectivity index (χ1) is 15.5. The molecule has 0 unspecified atom stereocenters. The molecule has 0 atom stereocenters. The Bertz CT molecular complexity index is 1240. The van der Waals surface area contributed by atoms with E-state index in [1.54, 1.807) is 49.1 Å². The predicted octanol–water partition coefficient (Wildman–Crippen LogP) is 4.99. The van der Waals surface area contributed by atoms with Crippen LogP contribution in [0.2, 0.25) is 5.02 Å². The van der Waals surface area contributed by atoms with E-state index in [0.717, 1.165) is 16.2 Å². The third kappa shape index (κ3) is 5.12. The maximum Gasteiger partial charge on any atom is 0.255 e. The molecule has 0 spiro atoms. The summed E-state index contributed by atoms with van der Waals surface area (Å²) in [5.74, 6) is 0.0871. The molecule has 2 aromatic heterocycles. The van der Waals surface area contributed by atoms with Gasteiger partial charge >= 0.3 is 0 Å². The number of carbonyl (C=O) groups is 2. The molecular weight excluding hydrogens is 444 g/mol. The van der Waals surface area contributed by atoms with Crippen molar-refractivity contribution >= 4 is 46.5 Å². The number of carbonyl (C=O) groups excluding carboxylic acids is 2. The summed E-state index contributed by atoms with van der Waals surface area (Å²) in [7, 11) is 1.61. The third-order valence-corrected chi connectivity index (χ3v) is 6.22. The van der Waals surface area contributed by atoms with Gasteiger partial charge in [-0.3, -0.25) is 9.59 Å². The number of nitrogens with one attached hydrogen (secondary N) is 1. The molecule has 0 bridgehead atoms. The summed E-state index contributed by atoms with van der Waals surface area (Å²) in [6.07, 6.45) is 3.94. The quantitative estimate of drug-likeness (QED) is 0.391. The topological polar surface area (TPSA) is 66.7 Å². The second kappa shape index (κ2) is 9.89. The van der Waals surface area contributed by atoms with E-state index >= 15 is 0 Å². The molecule has 0 aliphatic rings. The van der Waals surface area contributed by atoms with Gasteiger partial charge in [-0.15, -0.1) is 11.8 Å². The first-order valence-corrected chi connectivity index (χ1v) is 11.3. The zero-order valence-corrected chi connectivity index (χ0v) is 18.9. The average Bonchev–Trinajstić information content (AvgIpc) is 3.22. The summed E-state index contributed by atoms with van der Waals surface area (Å²) in [5.41, 5.74) is 2.88. The van der Waals surface area contributed by atoms with Gasteiger partial charge in [0.25, 0.3) is 5.91 Å². The summed E-state index contributed by atoms with van der Waals surface area (Å²) >= 11 is 7.63. The number of thioether (sulfide) groups is 1. The fraction of sp³-hybridized carbons (Fsp3) is 0.125. The number of amides is 2. The molecular formula is C24H21ClN4O2S. The van der Waals surface area contributed by atoms with Crippen molar-refractivity contribution in [3.8, 4) is 0 Å². The Labute approximate surface area is 195 Å². The number of rotatable bonds is 7. The van der Waals surface area contributed by atoms with Crippen LogP contribution >= 0.6 is 23.4 Å². The first-order valence-electron chi connectivity index (χ1n) is 9.95. The molecule has 4 aromatic rings. The number of imidazole rings is 1. The summed E-state index contributed by atoms with van der Waals surface area (Å²) < 4.78 is 1.97.